The maximum absolute atomic E-state index is 12.9. The lowest BCUT2D eigenvalue weighted by atomic mass is 10.1. The van der Waals surface area contributed by atoms with Gasteiger partial charge in [0.05, 0.1) is 14.2 Å². The highest BCUT2D eigenvalue weighted by atomic mass is 16.5. The van der Waals surface area contributed by atoms with E-state index in [2.05, 4.69) is 36.9 Å². The summed E-state index contributed by atoms with van der Waals surface area (Å²) >= 11 is 0. The monoisotopic (exact) mass is 354 g/mol. The Morgan fingerprint density at radius 2 is 1.54 bits per heavy atom. The van der Waals surface area contributed by atoms with Gasteiger partial charge in [-0.2, -0.15) is 0 Å². The molecule has 2 aromatic carbocycles. The van der Waals surface area contributed by atoms with E-state index in [9.17, 15) is 4.79 Å². The normalized spacial score (nSPS) is 14.3. The average Bonchev–Trinajstić information content (AvgIpc) is 2.69. The summed E-state index contributed by atoms with van der Waals surface area (Å²) in [5.74, 6) is 1.27. The Kier molecular flexibility index (Phi) is 5.35. The number of benzene rings is 2. The summed E-state index contributed by atoms with van der Waals surface area (Å²) in [5, 5.41) is 0. The van der Waals surface area contributed by atoms with Gasteiger partial charge in [0, 0.05) is 43.5 Å². The predicted octanol–water partition coefficient (Wildman–Crippen LogP) is 3.28. The van der Waals surface area contributed by atoms with E-state index in [1.807, 2.05) is 4.90 Å². The Morgan fingerprint density at radius 3 is 2.12 bits per heavy atom. The molecule has 3 rings (SSSR count). The van der Waals surface area contributed by atoms with Crippen LogP contribution >= 0.6 is 0 Å². The van der Waals surface area contributed by atoms with Crippen LogP contribution in [0.2, 0.25) is 0 Å². The zero-order chi connectivity index (χ0) is 18.7. The molecular weight excluding hydrogens is 328 g/mol. The molecule has 1 fully saturated rings. The van der Waals surface area contributed by atoms with Crippen molar-refractivity contribution in [3.8, 4) is 11.5 Å². The van der Waals surface area contributed by atoms with E-state index >= 15 is 0 Å². The van der Waals surface area contributed by atoms with Gasteiger partial charge in [-0.25, -0.2) is 0 Å². The van der Waals surface area contributed by atoms with Crippen molar-refractivity contribution < 1.29 is 14.3 Å². The van der Waals surface area contributed by atoms with E-state index in [0.717, 1.165) is 13.1 Å². The van der Waals surface area contributed by atoms with Gasteiger partial charge in [-0.1, -0.05) is 12.1 Å². The van der Waals surface area contributed by atoms with Crippen LogP contribution in [0.5, 0.6) is 11.5 Å². The van der Waals surface area contributed by atoms with Crippen LogP contribution in [-0.4, -0.2) is 51.2 Å². The number of carbonyl (C=O) groups is 1. The lowest BCUT2D eigenvalue weighted by Gasteiger charge is -2.37. The summed E-state index contributed by atoms with van der Waals surface area (Å²) in [6.07, 6.45) is 0. The molecule has 0 N–H and O–H groups in total. The smallest absolute Gasteiger partial charge is 0.254 e. The lowest BCUT2D eigenvalue weighted by Crippen LogP contribution is -2.49. The third-order valence-electron chi connectivity index (χ3n) is 5.08. The largest absolute Gasteiger partial charge is 0.497 e. The maximum Gasteiger partial charge on any atom is 0.254 e. The summed E-state index contributed by atoms with van der Waals surface area (Å²) < 4.78 is 10.6. The molecule has 0 spiro atoms. The third-order valence-corrected chi connectivity index (χ3v) is 5.08. The predicted molar refractivity (Wildman–Crippen MR) is 104 cm³/mol. The van der Waals surface area contributed by atoms with Gasteiger partial charge in [0.25, 0.3) is 5.91 Å². The number of anilines is 1. The fraction of sp³-hybridized carbons (Fsp3) is 0.381. The number of rotatable bonds is 4. The maximum atomic E-state index is 12.9. The van der Waals surface area contributed by atoms with Gasteiger partial charge in [-0.15, -0.1) is 0 Å². The first-order valence-electron chi connectivity index (χ1n) is 8.87. The van der Waals surface area contributed by atoms with Crippen LogP contribution < -0.4 is 14.4 Å². The minimum absolute atomic E-state index is 0.0165. The minimum Gasteiger partial charge on any atom is -0.497 e. The number of piperazine rings is 1. The topological polar surface area (TPSA) is 42.0 Å². The highest BCUT2D eigenvalue weighted by Crippen LogP contribution is 2.26. The molecule has 138 valence electrons. The Morgan fingerprint density at radius 1 is 0.923 bits per heavy atom. The van der Waals surface area contributed by atoms with E-state index in [0.29, 0.717) is 30.2 Å². The number of hydrogen-bond acceptors (Lipinski definition) is 4. The second-order valence-electron chi connectivity index (χ2n) is 6.60. The fourth-order valence-electron chi connectivity index (χ4n) is 3.34. The summed E-state index contributed by atoms with van der Waals surface area (Å²) in [6.45, 7) is 7.35. The average molecular weight is 354 g/mol. The molecule has 0 unspecified atom stereocenters. The standard InChI is InChI=1S/C21H26N2O3/c1-15-6-5-7-20(16(15)2)22-8-10-23(11-9-22)21(24)17-12-18(25-3)14-19(13-17)26-4/h5-7,12-14H,8-11H2,1-4H3. The molecule has 0 bridgehead atoms. The highest BCUT2D eigenvalue weighted by molar-refractivity contribution is 5.95. The minimum atomic E-state index is 0.0165. The third kappa shape index (κ3) is 3.62. The van der Waals surface area contributed by atoms with E-state index in [1.54, 1.807) is 32.4 Å². The molecule has 1 amide bonds. The molecule has 2 aromatic rings. The first-order chi connectivity index (χ1) is 12.5. The van der Waals surface area contributed by atoms with E-state index in [1.165, 1.54) is 16.8 Å². The van der Waals surface area contributed by atoms with Crippen LogP contribution in [0.4, 0.5) is 5.69 Å². The number of nitrogens with zero attached hydrogens (tertiary/aromatic N) is 2. The van der Waals surface area contributed by atoms with Crippen molar-refractivity contribution in [3.05, 3.63) is 53.1 Å². The molecular formula is C21H26N2O3. The van der Waals surface area contributed by atoms with Crippen molar-refractivity contribution in [2.24, 2.45) is 0 Å². The number of ether oxygens (including phenoxy) is 2. The zero-order valence-corrected chi connectivity index (χ0v) is 15.9. The van der Waals surface area contributed by atoms with Crippen molar-refractivity contribution in [1.29, 1.82) is 0 Å². The molecule has 0 aliphatic carbocycles. The quantitative estimate of drug-likeness (QED) is 0.845. The lowest BCUT2D eigenvalue weighted by molar-refractivity contribution is 0.0746. The Hall–Kier alpha value is -2.69. The molecule has 1 aliphatic rings. The Balaban J connectivity index is 1.72. The Labute approximate surface area is 155 Å². The fourth-order valence-corrected chi connectivity index (χ4v) is 3.34. The molecule has 0 saturated carbocycles. The van der Waals surface area contributed by atoms with Crippen molar-refractivity contribution in [2.45, 2.75) is 13.8 Å². The van der Waals surface area contributed by atoms with Crippen molar-refractivity contribution >= 4 is 11.6 Å². The molecule has 0 atom stereocenters. The summed E-state index contributed by atoms with van der Waals surface area (Å²) in [6, 6.07) is 11.7. The van der Waals surface area contributed by atoms with Crippen LogP contribution in [0.25, 0.3) is 0 Å². The number of methoxy groups -OCH3 is 2. The van der Waals surface area contributed by atoms with Gasteiger partial charge in [-0.05, 0) is 43.2 Å². The van der Waals surface area contributed by atoms with Crippen LogP contribution in [0, 0.1) is 13.8 Å². The van der Waals surface area contributed by atoms with Crippen molar-refractivity contribution in [1.82, 2.24) is 4.90 Å². The van der Waals surface area contributed by atoms with Crippen molar-refractivity contribution in [2.75, 3.05) is 45.3 Å². The van der Waals surface area contributed by atoms with E-state index in [4.69, 9.17) is 9.47 Å². The summed E-state index contributed by atoms with van der Waals surface area (Å²) in [7, 11) is 3.18. The molecule has 1 heterocycles. The van der Waals surface area contributed by atoms with Crippen LogP contribution in [-0.2, 0) is 0 Å². The van der Waals surface area contributed by atoms with E-state index in [-0.39, 0.29) is 5.91 Å². The molecule has 0 aromatic heterocycles. The number of hydrogen-bond donors (Lipinski definition) is 0. The van der Waals surface area contributed by atoms with Gasteiger partial charge >= 0.3 is 0 Å². The number of aryl methyl sites for hydroxylation is 1. The molecule has 1 aliphatic heterocycles. The number of carbonyl (C=O) groups excluding carboxylic acids is 1. The van der Waals surface area contributed by atoms with Gasteiger partial charge in [-0.3, -0.25) is 4.79 Å². The van der Waals surface area contributed by atoms with Crippen LogP contribution in [0.1, 0.15) is 21.5 Å². The van der Waals surface area contributed by atoms with Gasteiger partial charge in [0.15, 0.2) is 0 Å². The zero-order valence-electron chi connectivity index (χ0n) is 15.9. The molecule has 5 heteroatoms. The van der Waals surface area contributed by atoms with Gasteiger partial charge in [0.2, 0.25) is 0 Å². The molecule has 26 heavy (non-hydrogen) atoms. The van der Waals surface area contributed by atoms with Crippen LogP contribution in [0.3, 0.4) is 0 Å². The first-order valence-corrected chi connectivity index (χ1v) is 8.87. The van der Waals surface area contributed by atoms with Gasteiger partial charge < -0.3 is 19.3 Å². The van der Waals surface area contributed by atoms with Crippen LogP contribution in [0.15, 0.2) is 36.4 Å². The number of amides is 1. The molecule has 5 nitrogen and oxygen atoms in total. The SMILES string of the molecule is COc1cc(OC)cc(C(=O)N2CCN(c3cccc(C)c3C)CC2)c1. The second kappa shape index (κ2) is 7.68. The second-order valence-corrected chi connectivity index (χ2v) is 6.60. The summed E-state index contributed by atoms with van der Waals surface area (Å²) in [4.78, 5) is 17.2. The van der Waals surface area contributed by atoms with Crippen molar-refractivity contribution in [3.63, 3.8) is 0 Å². The molecule has 1 saturated heterocycles. The highest BCUT2D eigenvalue weighted by Gasteiger charge is 2.24. The van der Waals surface area contributed by atoms with E-state index < -0.39 is 0 Å². The Bertz CT molecular complexity index is 774. The summed E-state index contributed by atoms with van der Waals surface area (Å²) in [5.41, 5.74) is 4.47. The molecule has 0 radical (unpaired) electrons. The van der Waals surface area contributed by atoms with Gasteiger partial charge in [0.1, 0.15) is 11.5 Å². The first kappa shape index (κ1) is 18.1.